The van der Waals surface area contributed by atoms with Crippen LogP contribution in [-0.4, -0.2) is 55.7 Å². The molecule has 0 unspecified atom stereocenters. The smallest absolute Gasteiger partial charge is 0.251 e. The van der Waals surface area contributed by atoms with Gasteiger partial charge in [0.05, 0.1) is 18.8 Å². The number of fused-ring (bicyclic) bond motifs is 1. The molecule has 29 heavy (non-hydrogen) atoms. The summed E-state index contributed by atoms with van der Waals surface area (Å²) in [5.41, 5.74) is 1.74. The number of nitrogens with zero attached hydrogens (tertiary/aromatic N) is 1. The number of rotatable bonds is 4. The summed E-state index contributed by atoms with van der Waals surface area (Å²) in [5, 5.41) is 3.16. The fourth-order valence-corrected chi connectivity index (χ4v) is 4.93. The first kappa shape index (κ1) is 20.2. The van der Waals surface area contributed by atoms with Crippen LogP contribution < -0.4 is 10.1 Å². The maximum Gasteiger partial charge on any atom is 0.251 e. The first-order chi connectivity index (χ1) is 14.2. The maximum absolute atomic E-state index is 13.0. The number of amides is 2. The number of carbonyl (C=O) groups excluding carboxylic acids is 2. The molecule has 2 aliphatic heterocycles. The van der Waals surface area contributed by atoms with Gasteiger partial charge in [-0.3, -0.25) is 9.59 Å². The zero-order chi connectivity index (χ0) is 20.2. The molecule has 0 radical (unpaired) electrons. The van der Waals surface area contributed by atoms with E-state index in [-0.39, 0.29) is 29.9 Å². The van der Waals surface area contributed by atoms with Crippen molar-refractivity contribution in [2.24, 2.45) is 5.92 Å². The zero-order valence-electron chi connectivity index (χ0n) is 17.3. The van der Waals surface area contributed by atoms with E-state index in [0.717, 1.165) is 69.5 Å². The highest BCUT2D eigenvalue weighted by Crippen LogP contribution is 2.30. The molecule has 158 valence electrons. The average molecular weight is 401 g/mol. The maximum atomic E-state index is 13.0. The molecular weight excluding hydrogens is 368 g/mol. The second-order valence-corrected chi connectivity index (χ2v) is 8.52. The number of hydrogen-bond donors (Lipinski definition) is 1. The fourth-order valence-electron chi connectivity index (χ4n) is 4.93. The van der Waals surface area contributed by atoms with Gasteiger partial charge >= 0.3 is 0 Å². The van der Waals surface area contributed by atoms with Crippen LogP contribution in [0, 0.1) is 5.92 Å². The average Bonchev–Trinajstić information content (AvgIpc) is 2.78. The lowest BCUT2D eigenvalue weighted by atomic mass is 9.82. The van der Waals surface area contributed by atoms with Gasteiger partial charge in [-0.2, -0.15) is 0 Å². The van der Waals surface area contributed by atoms with Crippen LogP contribution in [0.5, 0.6) is 5.75 Å². The Morgan fingerprint density at radius 3 is 2.76 bits per heavy atom. The van der Waals surface area contributed by atoms with E-state index in [2.05, 4.69) is 5.32 Å². The van der Waals surface area contributed by atoms with Crippen LogP contribution in [0.15, 0.2) is 18.2 Å². The molecule has 1 N–H and O–H groups in total. The van der Waals surface area contributed by atoms with Gasteiger partial charge in [-0.15, -0.1) is 0 Å². The van der Waals surface area contributed by atoms with Gasteiger partial charge in [-0.25, -0.2) is 0 Å². The molecule has 0 spiro atoms. The van der Waals surface area contributed by atoms with Crippen molar-refractivity contribution < 1.29 is 19.1 Å². The van der Waals surface area contributed by atoms with E-state index in [1.165, 1.54) is 6.42 Å². The molecule has 0 bridgehead atoms. The van der Waals surface area contributed by atoms with Gasteiger partial charge in [0, 0.05) is 31.7 Å². The molecule has 1 saturated carbocycles. The van der Waals surface area contributed by atoms with E-state index in [9.17, 15) is 9.59 Å². The van der Waals surface area contributed by atoms with Crippen molar-refractivity contribution in [3.8, 4) is 5.75 Å². The number of nitrogens with one attached hydrogen (secondary N) is 1. The Balaban J connectivity index is 1.42. The Morgan fingerprint density at radius 2 is 1.97 bits per heavy atom. The van der Waals surface area contributed by atoms with Gasteiger partial charge in [-0.1, -0.05) is 0 Å². The number of ether oxygens (including phenoxy) is 2. The molecule has 2 fully saturated rings. The SMILES string of the molecule is CO[C@@H]1CC[C@H](C(=O)N2CCCCC2)C[C@H]1NC(=O)c1ccc2c(c1)CCCO2. The van der Waals surface area contributed by atoms with Crippen molar-refractivity contribution in [3.05, 3.63) is 29.3 Å². The number of benzene rings is 1. The molecule has 6 heteroatoms. The van der Waals surface area contributed by atoms with Crippen molar-refractivity contribution in [1.29, 1.82) is 0 Å². The summed E-state index contributed by atoms with van der Waals surface area (Å²) >= 11 is 0. The largest absolute Gasteiger partial charge is 0.493 e. The van der Waals surface area contributed by atoms with Crippen LogP contribution in [0.25, 0.3) is 0 Å². The van der Waals surface area contributed by atoms with Crippen molar-refractivity contribution in [3.63, 3.8) is 0 Å². The van der Waals surface area contributed by atoms with Gasteiger partial charge in [0.15, 0.2) is 0 Å². The third kappa shape index (κ3) is 4.58. The minimum atomic E-state index is -0.146. The topological polar surface area (TPSA) is 67.9 Å². The number of carbonyl (C=O) groups is 2. The van der Waals surface area contributed by atoms with Crippen LogP contribution >= 0.6 is 0 Å². The summed E-state index contributed by atoms with van der Waals surface area (Å²) in [7, 11) is 1.69. The van der Waals surface area contributed by atoms with Gasteiger partial charge < -0.3 is 19.7 Å². The third-order valence-electron chi connectivity index (χ3n) is 6.59. The second kappa shape index (κ2) is 9.16. The van der Waals surface area contributed by atoms with Crippen LogP contribution in [0.3, 0.4) is 0 Å². The van der Waals surface area contributed by atoms with Gasteiger partial charge in [-0.05, 0) is 75.1 Å². The van der Waals surface area contributed by atoms with Crippen LogP contribution in [0.1, 0.15) is 60.9 Å². The summed E-state index contributed by atoms with van der Waals surface area (Å²) in [6.07, 6.45) is 7.55. The zero-order valence-corrected chi connectivity index (χ0v) is 17.3. The predicted molar refractivity (Wildman–Crippen MR) is 110 cm³/mol. The van der Waals surface area contributed by atoms with E-state index >= 15 is 0 Å². The van der Waals surface area contributed by atoms with Gasteiger partial charge in [0.1, 0.15) is 5.75 Å². The molecule has 1 saturated heterocycles. The summed E-state index contributed by atoms with van der Waals surface area (Å²) in [4.78, 5) is 27.9. The van der Waals surface area contributed by atoms with Crippen molar-refractivity contribution in [2.75, 3.05) is 26.8 Å². The normalized spacial score (nSPS) is 26.9. The fraction of sp³-hybridized carbons (Fsp3) is 0.652. The van der Waals surface area contributed by atoms with Crippen LogP contribution in [0.4, 0.5) is 0 Å². The monoisotopic (exact) mass is 400 g/mol. The molecular formula is C23H32N2O4. The first-order valence-corrected chi connectivity index (χ1v) is 11.0. The Bertz CT molecular complexity index is 744. The Labute approximate surface area is 172 Å². The molecule has 1 aromatic carbocycles. The highest BCUT2D eigenvalue weighted by Gasteiger charge is 2.37. The minimum absolute atomic E-state index is 0.0262. The second-order valence-electron chi connectivity index (χ2n) is 8.52. The summed E-state index contributed by atoms with van der Waals surface area (Å²) < 4.78 is 11.3. The number of hydrogen-bond acceptors (Lipinski definition) is 4. The minimum Gasteiger partial charge on any atom is -0.493 e. The van der Waals surface area contributed by atoms with E-state index in [1.54, 1.807) is 7.11 Å². The molecule has 6 nitrogen and oxygen atoms in total. The lowest BCUT2D eigenvalue weighted by Gasteiger charge is -2.38. The van der Waals surface area contributed by atoms with E-state index in [0.29, 0.717) is 12.0 Å². The number of likely N-dealkylation sites (tertiary alicyclic amines) is 1. The predicted octanol–water partition coefficient (Wildman–Crippen LogP) is 2.94. The van der Waals surface area contributed by atoms with Crippen LogP contribution in [0.2, 0.25) is 0 Å². The highest BCUT2D eigenvalue weighted by molar-refractivity contribution is 5.95. The quantitative estimate of drug-likeness (QED) is 0.844. The lowest BCUT2D eigenvalue weighted by molar-refractivity contribution is -0.138. The molecule has 2 heterocycles. The van der Waals surface area contributed by atoms with Gasteiger partial charge in [0.2, 0.25) is 5.91 Å². The summed E-state index contributed by atoms with van der Waals surface area (Å²) in [6, 6.07) is 5.50. The van der Waals surface area contributed by atoms with Crippen LogP contribution in [-0.2, 0) is 16.0 Å². The summed E-state index contributed by atoms with van der Waals surface area (Å²) in [6.45, 7) is 2.48. The lowest BCUT2D eigenvalue weighted by Crippen LogP contribution is -2.51. The molecule has 2 amide bonds. The third-order valence-corrected chi connectivity index (χ3v) is 6.59. The number of piperidine rings is 1. The number of aryl methyl sites for hydroxylation is 1. The van der Waals surface area contributed by atoms with Crippen molar-refractivity contribution in [2.45, 2.75) is 63.5 Å². The Morgan fingerprint density at radius 1 is 1.14 bits per heavy atom. The van der Waals surface area contributed by atoms with E-state index in [4.69, 9.17) is 9.47 Å². The molecule has 0 aromatic heterocycles. The van der Waals surface area contributed by atoms with Gasteiger partial charge in [0.25, 0.3) is 5.91 Å². The molecule has 3 aliphatic rings. The molecule has 3 atom stereocenters. The standard InChI is InChI=1S/C23H32N2O4/c1-28-21-10-8-18(23(27)25-11-3-2-4-12-25)15-19(21)24-22(26)17-7-9-20-16(14-17)6-5-13-29-20/h7,9,14,18-19,21H,2-6,8,10-13,15H2,1H3,(H,24,26)/t18-,19+,21+/m0/s1. The van der Waals surface area contributed by atoms with Crippen molar-refractivity contribution in [1.82, 2.24) is 10.2 Å². The number of methoxy groups -OCH3 is 1. The highest BCUT2D eigenvalue weighted by atomic mass is 16.5. The van der Waals surface area contributed by atoms with E-state index in [1.807, 2.05) is 23.1 Å². The van der Waals surface area contributed by atoms with Crippen molar-refractivity contribution >= 4 is 11.8 Å². The Hall–Kier alpha value is -2.08. The van der Waals surface area contributed by atoms with E-state index < -0.39 is 0 Å². The summed E-state index contributed by atoms with van der Waals surface area (Å²) in [5.74, 6) is 1.01. The Kier molecular flexibility index (Phi) is 6.38. The molecule has 1 aliphatic carbocycles. The molecule has 4 rings (SSSR count). The first-order valence-electron chi connectivity index (χ1n) is 11.0. The molecule has 1 aromatic rings.